The summed E-state index contributed by atoms with van der Waals surface area (Å²) in [6.45, 7) is -0.262. The van der Waals surface area contributed by atoms with Gasteiger partial charge in [0, 0.05) is 30.1 Å². The number of pyridine rings is 1. The molecule has 1 aliphatic heterocycles. The predicted octanol–water partition coefficient (Wildman–Crippen LogP) is 3.62. The van der Waals surface area contributed by atoms with E-state index in [1.807, 2.05) is 0 Å². The molecular formula is C19H15F5N4O2. The number of nitrogens with zero attached hydrogens (tertiary/aromatic N) is 4. The third-order valence-electron chi connectivity index (χ3n) is 5.08. The highest BCUT2D eigenvalue weighted by molar-refractivity contribution is 5.98. The molecule has 1 aliphatic rings. The Morgan fingerprint density at radius 2 is 1.90 bits per heavy atom. The first kappa shape index (κ1) is 20.2. The van der Waals surface area contributed by atoms with Crippen LogP contribution in [0.4, 0.5) is 27.8 Å². The number of aromatic hydroxyl groups is 1. The smallest absolute Gasteiger partial charge is 0.416 e. The number of aliphatic hydroxyl groups is 1. The van der Waals surface area contributed by atoms with Crippen molar-refractivity contribution in [2.45, 2.75) is 24.6 Å². The van der Waals surface area contributed by atoms with Crippen LogP contribution in [-0.2, 0) is 6.18 Å². The molecule has 0 bridgehead atoms. The maximum absolute atomic E-state index is 13.1. The van der Waals surface area contributed by atoms with Crippen LogP contribution in [0.2, 0.25) is 0 Å². The van der Waals surface area contributed by atoms with Crippen molar-refractivity contribution in [1.29, 1.82) is 0 Å². The molecule has 0 amide bonds. The number of hydrogen-bond donors (Lipinski definition) is 2. The van der Waals surface area contributed by atoms with Crippen molar-refractivity contribution in [1.82, 2.24) is 15.2 Å². The maximum Gasteiger partial charge on any atom is 0.416 e. The number of anilines is 1. The summed E-state index contributed by atoms with van der Waals surface area (Å²) in [5, 5.41) is 28.6. The molecule has 4 rings (SSSR count). The normalized spacial score (nSPS) is 19.8. The second kappa shape index (κ2) is 7.01. The molecule has 1 fully saturated rings. The number of aromatic nitrogens is 3. The van der Waals surface area contributed by atoms with Crippen LogP contribution in [-0.4, -0.2) is 50.5 Å². The molecule has 11 heteroatoms. The van der Waals surface area contributed by atoms with Gasteiger partial charge in [0.15, 0.2) is 5.82 Å². The van der Waals surface area contributed by atoms with Crippen LogP contribution < -0.4 is 4.90 Å². The van der Waals surface area contributed by atoms with Gasteiger partial charge >= 0.3 is 6.18 Å². The van der Waals surface area contributed by atoms with Crippen molar-refractivity contribution in [3.63, 3.8) is 0 Å². The minimum Gasteiger partial charge on any atom is -0.507 e. The van der Waals surface area contributed by atoms with E-state index in [2.05, 4.69) is 15.2 Å². The number of hydrogen-bond acceptors (Lipinski definition) is 6. The average molecular weight is 426 g/mol. The van der Waals surface area contributed by atoms with Crippen molar-refractivity contribution < 1.29 is 32.2 Å². The second-order valence-corrected chi connectivity index (χ2v) is 7.08. The van der Waals surface area contributed by atoms with Crippen LogP contribution in [0.15, 0.2) is 36.5 Å². The van der Waals surface area contributed by atoms with Gasteiger partial charge in [-0.1, -0.05) is 0 Å². The number of phenolic OH excluding ortho intramolecular Hbond substituents is 1. The molecule has 3 aromatic rings. The zero-order chi connectivity index (χ0) is 21.7. The Bertz CT molecular complexity index is 1110. The number of phenols is 1. The second-order valence-electron chi connectivity index (χ2n) is 7.08. The summed E-state index contributed by atoms with van der Waals surface area (Å²) in [6.07, 6.45) is -6.27. The first-order valence-electron chi connectivity index (χ1n) is 8.87. The Hall–Kier alpha value is -3.08. The minimum absolute atomic E-state index is 0.0190. The topological polar surface area (TPSA) is 82.4 Å². The van der Waals surface area contributed by atoms with Crippen LogP contribution in [0, 0.1) is 0 Å². The van der Waals surface area contributed by atoms with Gasteiger partial charge in [-0.3, -0.25) is 4.98 Å². The van der Waals surface area contributed by atoms with E-state index in [4.69, 9.17) is 0 Å². The zero-order valence-corrected chi connectivity index (χ0v) is 15.2. The Morgan fingerprint density at radius 1 is 1.13 bits per heavy atom. The summed E-state index contributed by atoms with van der Waals surface area (Å²) in [6, 6.07) is 5.65. The van der Waals surface area contributed by atoms with E-state index in [-0.39, 0.29) is 42.1 Å². The van der Waals surface area contributed by atoms with Gasteiger partial charge in [-0.15, -0.1) is 10.2 Å². The average Bonchev–Trinajstić information content (AvgIpc) is 3.10. The number of alkyl halides is 5. The molecular weight excluding hydrogens is 411 g/mol. The van der Waals surface area contributed by atoms with Crippen LogP contribution in [0.3, 0.4) is 0 Å². The van der Waals surface area contributed by atoms with Gasteiger partial charge in [0.1, 0.15) is 22.6 Å². The highest BCUT2D eigenvalue weighted by atomic mass is 19.4. The SMILES string of the molecule is Oc1cc(C(F)(F)F)ccc1-c1nnc(N2CCC(O)(C(F)F)C2)c2ncccc12. The van der Waals surface area contributed by atoms with Crippen LogP contribution in [0.25, 0.3) is 22.2 Å². The van der Waals surface area contributed by atoms with Gasteiger partial charge in [0.25, 0.3) is 6.43 Å². The van der Waals surface area contributed by atoms with Gasteiger partial charge in [-0.05, 0) is 30.3 Å². The fourth-order valence-corrected chi connectivity index (χ4v) is 3.47. The Balaban J connectivity index is 1.80. The Morgan fingerprint density at radius 3 is 2.53 bits per heavy atom. The van der Waals surface area contributed by atoms with Crippen LogP contribution in [0.1, 0.15) is 12.0 Å². The number of β-amino-alcohol motifs (C(OH)–C–C–N with tert-alkyl or cyclic N) is 1. The molecule has 1 atom stereocenters. The van der Waals surface area contributed by atoms with E-state index in [0.29, 0.717) is 11.5 Å². The molecule has 158 valence electrons. The zero-order valence-electron chi connectivity index (χ0n) is 15.2. The highest BCUT2D eigenvalue weighted by Crippen LogP contribution is 2.39. The lowest BCUT2D eigenvalue weighted by Gasteiger charge is -2.23. The van der Waals surface area contributed by atoms with Gasteiger partial charge in [0.05, 0.1) is 12.1 Å². The first-order valence-corrected chi connectivity index (χ1v) is 8.87. The monoisotopic (exact) mass is 426 g/mol. The van der Waals surface area contributed by atoms with Crippen molar-refractivity contribution >= 4 is 16.7 Å². The molecule has 0 spiro atoms. The van der Waals surface area contributed by atoms with Gasteiger partial charge in [-0.2, -0.15) is 13.2 Å². The number of fused-ring (bicyclic) bond motifs is 1. The molecule has 2 aromatic heterocycles. The van der Waals surface area contributed by atoms with E-state index < -0.39 is 29.5 Å². The molecule has 30 heavy (non-hydrogen) atoms. The third-order valence-corrected chi connectivity index (χ3v) is 5.08. The molecule has 0 saturated carbocycles. The van der Waals surface area contributed by atoms with E-state index >= 15 is 0 Å². The summed E-state index contributed by atoms with van der Waals surface area (Å²) in [5.74, 6) is -0.470. The summed E-state index contributed by atoms with van der Waals surface area (Å²) in [5.41, 5.74) is -2.81. The third kappa shape index (κ3) is 3.38. The van der Waals surface area contributed by atoms with Gasteiger partial charge in [-0.25, -0.2) is 8.78 Å². The first-order chi connectivity index (χ1) is 14.1. The summed E-state index contributed by atoms with van der Waals surface area (Å²) in [7, 11) is 0. The van der Waals surface area contributed by atoms with E-state index in [1.165, 1.54) is 11.1 Å². The number of halogens is 5. The molecule has 6 nitrogen and oxygen atoms in total. The predicted molar refractivity (Wildman–Crippen MR) is 97.2 cm³/mol. The Labute approximate surface area is 166 Å². The van der Waals surface area contributed by atoms with Crippen molar-refractivity contribution in [3.05, 3.63) is 42.1 Å². The molecule has 2 N–H and O–H groups in total. The molecule has 3 heterocycles. The lowest BCUT2D eigenvalue weighted by Crippen LogP contribution is -2.40. The summed E-state index contributed by atoms with van der Waals surface area (Å²) >= 11 is 0. The lowest BCUT2D eigenvalue weighted by molar-refractivity contribution is -0.137. The van der Waals surface area contributed by atoms with Gasteiger partial charge < -0.3 is 15.1 Å². The van der Waals surface area contributed by atoms with Crippen molar-refractivity contribution in [2.24, 2.45) is 0 Å². The Kier molecular flexibility index (Phi) is 4.72. The van der Waals surface area contributed by atoms with Crippen molar-refractivity contribution in [3.8, 4) is 17.0 Å². The standard InChI is InChI=1S/C19H15F5N4O2/c20-17(21)18(30)5-7-28(9-18)16-15-12(2-1-6-25-15)14(26-27-16)11-4-3-10(8-13(11)29)19(22,23)24/h1-4,6,8,17,29-30H,5,7,9H2. The lowest BCUT2D eigenvalue weighted by atomic mass is 10.0. The quantitative estimate of drug-likeness (QED) is 0.623. The van der Waals surface area contributed by atoms with Crippen molar-refractivity contribution in [2.75, 3.05) is 18.0 Å². The molecule has 1 aromatic carbocycles. The number of rotatable bonds is 3. The van der Waals surface area contributed by atoms with Crippen LogP contribution >= 0.6 is 0 Å². The molecule has 0 aliphatic carbocycles. The fraction of sp³-hybridized carbons (Fsp3) is 0.316. The number of benzene rings is 1. The minimum atomic E-state index is -4.62. The molecule has 0 radical (unpaired) electrons. The van der Waals surface area contributed by atoms with E-state index in [1.54, 1.807) is 12.1 Å². The van der Waals surface area contributed by atoms with E-state index in [9.17, 15) is 32.2 Å². The largest absolute Gasteiger partial charge is 0.507 e. The molecule has 1 saturated heterocycles. The summed E-state index contributed by atoms with van der Waals surface area (Å²) in [4.78, 5) is 5.65. The van der Waals surface area contributed by atoms with Gasteiger partial charge in [0.2, 0.25) is 0 Å². The summed E-state index contributed by atoms with van der Waals surface area (Å²) < 4.78 is 64.9. The van der Waals surface area contributed by atoms with E-state index in [0.717, 1.165) is 12.1 Å². The molecule has 1 unspecified atom stereocenters. The van der Waals surface area contributed by atoms with Crippen LogP contribution in [0.5, 0.6) is 5.75 Å². The highest BCUT2D eigenvalue weighted by Gasteiger charge is 2.45. The maximum atomic E-state index is 13.1. The fourth-order valence-electron chi connectivity index (χ4n) is 3.47.